The van der Waals surface area contributed by atoms with E-state index in [-0.39, 0.29) is 108 Å². The number of nitrogens with two attached hydrogens (primary N) is 5. The maximum absolute atomic E-state index is 14.3. The highest BCUT2D eigenvalue weighted by atomic mass is 32.2. The van der Waals surface area contributed by atoms with Gasteiger partial charge in [0.05, 0.1) is 19.2 Å². The fraction of sp³-hybridized carbons (Fsp3) is 0.683. The van der Waals surface area contributed by atoms with E-state index in [1.165, 1.54) is 33.4 Å². The molecule has 97 heavy (non-hydrogen) atoms. The first kappa shape index (κ1) is 81.1. The number of nitrogens with zero attached hydrogens (tertiary/aromatic N) is 6. The zero-order valence-electron chi connectivity index (χ0n) is 56.8. The molecule has 0 bridgehead atoms. The average molecular weight is 1380 g/mol. The van der Waals surface area contributed by atoms with E-state index in [1.807, 2.05) is 25.3 Å². The largest absolute Gasteiger partial charge is 0.480 e. The molecule has 3 fully saturated rings. The van der Waals surface area contributed by atoms with Gasteiger partial charge in [-0.1, -0.05) is 44.2 Å². The minimum Gasteiger partial charge on any atom is -0.480 e. The highest BCUT2D eigenvalue weighted by Gasteiger charge is 2.43. The molecular weight excluding hydrogens is 1280 g/mol. The molecule has 0 aromatic heterocycles. The summed E-state index contributed by atoms with van der Waals surface area (Å²) in [4.78, 5) is 179. The third-order valence-corrected chi connectivity index (χ3v) is 17.5. The van der Waals surface area contributed by atoms with Gasteiger partial charge in [-0.2, -0.15) is 11.8 Å². The number of hydrogen-bond acceptors (Lipinski definition) is 18. The van der Waals surface area contributed by atoms with Crippen LogP contribution in [0.3, 0.4) is 0 Å². The van der Waals surface area contributed by atoms with Crippen molar-refractivity contribution in [3.8, 4) is 0 Å². The summed E-state index contributed by atoms with van der Waals surface area (Å²) < 4.78 is 0. The number of aliphatic hydroxyl groups excluding tert-OH is 1. The number of carboxylic acid groups (broad SMARTS) is 1. The molecule has 4 rings (SSSR count). The number of unbranched alkanes of at least 4 members (excludes halogenated alkanes) is 1. The van der Waals surface area contributed by atoms with Gasteiger partial charge in [0.25, 0.3) is 0 Å². The number of carbonyl (C=O) groups excluding carboxylic acids is 11. The Morgan fingerprint density at radius 1 is 0.577 bits per heavy atom. The quantitative estimate of drug-likeness (QED) is 0.0168. The number of carboxylic acids is 1. The fourth-order valence-corrected chi connectivity index (χ4v) is 12.1. The molecule has 34 heteroatoms. The molecule has 0 unspecified atom stereocenters. The number of carbonyl (C=O) groups is 12. The summed E-state index contributed by atoms with van der Waals surface area (Å²) in [6.07, 6.45) is 6.32. The minimum atomic E-state index is -1.66. The Hall–Kier alpha value is -8.37. The van der Waals surface area contributed by atoms with Crippen LogP contribution in [0, 0.1) is 5.92 Å². The number of amides is 11. The molecule has 3 saturated heterocycles. The second-order valence-corrected chi connectivity index (χ2v) is 26.3. The highest BCUT2D eigenvalue weighted by Crippen LogP contribution is 2.24. The van der Waals surface area contributed by atoms with E-state index in [2.05, 4.69) is 52.5 Å². The molecule has 542 valence electrons. The van der Waals surface area contributed by atoms with Crippen molar-refractivity contribution in [1.82, 2.24) is 62.1 Å². The number of hydrogen-bond donors (Lipinski definition) is 15. The zero-order valence-corrected chi connectivity index (χ0v) is 57.6. The summed E-state index contributed by atoms with van der Waals surface area (Å²) in [5.74, 6) is -9.11. The number of guanidine groups is 2. The Morgan fingerprint density at radius 3 is 1.61 bits per heavy atom. The summed E-state index contributed by atoms with van der Waals surface area (Å²) in [7, 11) is 3.78. The Balaban J connectivity index is 1.40. The number of likely N-dealkylation sites (tertiary alicyclic amines) is 3. The van der Waals surface area contributed by atoms with Crippen LogP contribution in [-0.2, 0) is 64.0 Å². The van der Waals surface area contributed by atoms with Gasteiger partial charge in [0.2, 0.25) is 65.0 Å². The van der Waals surface area contributed by atoms with Crippen LogP contribution < -0.4 is 71.2 Å². The Bertz CT molecular complexity index is 2880. The van der Waals surface area contributed by atoms with Gasteiger partial charge in [0.15, 0.2) is 11.9 Å². The van der Waals surface area contributed by atoms with Crippen molar-refractivity contribution in [3.63, 3.8) is 0 Å². The molecule has 3 aliphatic rings. The van der Waals surface area contributed by atoms with E-state index in [0.29, 0.717) is 62.8 Å². The second kappa shape index (κ2) is 41.7. The molecule has 11 atom stereocenters. The van der Waals surface area contributed by atoms with Gasteiger partial charge in [0, 0.05) is 39.1 Å². The number of rotatable bonds is 41. The number of aliphatic hydroxyl groups is 1. The zero-order chi connectivity index (χ0) is 71.9. The molecule has 0 saturated carbocycles. The fourth-order valence-electron chi connectivity index (χ4n) is 11.7. The van der Waals surface area contributed by atoms with Crippen molar-refractivity contribution in [2.75, 3.05) is 78.5 Å². The van der Waals surface area contributed by atoms with Gasteiger partial charge in [-0.25, -0.2) is 4.79 Å². The third kappa shape index (κ3) is 27.2. The lowest BCUT2D eigenvalue weighted by molar-refractivity contribution is -0.145. The van der Waals surface area contributed by atoms with Gasteiger partial charge in [-0.15, -0.1) is 0 Å². The number of thioether (sulfide) groups is 1. The molecule has 0 aliphatic carbocycles. The van der Waals surface area contributed by atoms with Gasteiger partial charge in [-0.05, 0) is 147 Å². The first-order valence-corrected chi connectivity index (χ1v) is 34.6. The van der Waals surface area contributed by atoms with Crippen molar-refractivity contribution in [2.45, 2.75) is 190 Å². The van der Waals surface area contributed by atoms with Crippen molar-refractivity contribution >= 4 is 94.6 Å². The van der Waals surface area contributed by atoms with E-state index < -0.39 is 151 Å². The van der Waals surface area contributed by atoms with Crippen LogP contribution in [0.15, 0.2) is 40.3 Å². The maximum Gasteiger partial charge on any atom is 0.326 e. The summed E-state index contributed by atoms with van der Waals surface area (Å²) in [5.41, 5.74) is 28.8. The van der Waals surface area contributed by atoms with Crippen LogP contribution >= 0.6 is 11.8 Å². The van der Waals surface area contributed by atoms with Crippen molar-refractivity contribution in [3.05, 3.63) is 35.9 Å². The molecule has 0 radical (unpaired) electrons. The van der Waals surface area contributed by atoms with Crippen LogP contribution in [0.1, 0.15) is 123 Å². The van der Waals surface area contributed by atoms with E-state index >= 15 is 0 Å². The van der Waals surface area contributed by atoms with Gasteiger partial charge < -0.3 is 101 Å². The first-order valence-electron chi connectivity index (χ1n) is 33.2. The van der Waals surface area contributed by atoms with E-state index in [1.54, 1.807) is 44.2 Å². The molecule has 1 aromatic carbocycles. The van der Waals surface area contributed by atoms with Crippen LogP contribution in [0.25, 0.3) is 0 Å². The summed E-state index contributed by atoms with van der Waals surface area (Å²) in [5, 5.41) is 41.4. The van der Waals surface area contributed by atoms with E-state index in [0.717, 1.165) is 0 Å². The summed E-state index contributed by atoms with van der Waals surface area (Å²) in [6, 6.07) is -4.35. The predicted molar refractivity (Wildman–Crippen MR) is 364 cm³/mol. The molecule has 3 aliphatic heterocycles. The lowest BCUT2D eigenvalue weighted by Gasteiger charge is -2.31. The highest BCUT2D eigenvalue weighted by molar-refractivity contribution is 7.98. The van der Waals surface area contributed by atoms with Crippen LogP contribution in [0.4, 0.5) is 0 Å². The predicted octanol–water partition coefficient (Wildman–Crippen LogP) is -4.23. The normalized spacial score (nSPS) is 18.4. The molecule has 20 N–H and O–H groups in total. The monoisotopic (exact) mass is 1380 g/mol. The van der Waals surface area contributed by atoms with E-state index in [4.69, 9.17) is 28.7 Å². The van der Waals surface area contributed by atoms with E-state index in [9.17, 15) is 67.7 Å². The Kier molecular flexibility index (Phi) is 34.8. The molecule has 33 nitrogen and oxygen atoms in total. The average Bonchev–Trinajstić information content (AvgIpc) is 1.81. The topological polar surface area (TPSA) is 509 Å². The van der Waals surface area contributed by atoms with Gasteiger partial charge in [-0.3, -0.25) is 62.7 Å². The second-order valence-electron chi connectivity index (χ2n) is 25.4. The van der Waals surface area contributed by atoms with Crippen LogP contribution in [0.5, 0.6) is 0 Å². The van der Waals surface area contributed by atoms with Gasteiger partial charge in [0.1, 0.15) is 60.4 Å². The third-order valence-electron chi connectivity index (χ3n) is 16.8. The Labute approximate surface area is 571 Å². The van der Waals surface area contributed by atoms with Crippen molar-refractivity contribution in [1.29, 1.82) is 0 Å². The first-order chi connectivity index (χ1) is 46.1. The Morgan fingerprint density at radius 2 is 1.06 bits per heavy atom. The molecule has 0 spiro atoms. The smallest absolute Gasteiger partial charge is 0.326 e. The lowest BCUT2D eigenvalue weighted by atomic mass is 10.0. The number of aliphatic carboxylic acids is 1. The SMILES string of the molecule is CSCC[C@H](NC(=O)[C@@H]1CCCN1C(=O)CNC(=O)[C@H](CCCN=C(N)N)NC(=O)[C@H](C)NC(=O)[C@H](CO)NC(=O)[C@H](CC(C)C)NC(=O)[C@H](CCCCN(C)C)NC(=O)[C@@H]1CCCN1C(=O)[C@@H](N)CCCN=C(N)N)C(=O)N1CCC[C@H]1C(=O)N[C@@H](Cc1ccccc1)C(=O)O. The van der Waals surface area contributed by atoms with Crippen molar-refractivity contribution < 1.29 is 67.7 Å². The number of nitrogens with one attached hydrogen (secondary N) is 8. The summed E-state index contributed by atoms with van der Waals surface area (Å²) in [6.45, 7) is 4.85. The molecule has 3 heterocycles. The van der Waals surface area contributed by atoms with Crippen LogP contribution in [-0.4, -0.2) is 258 Å². The van der Waals surface area contributed by atoms with Gasteiger partial charge >= 0.3 is 5.97 Å². The maximum atomic E-state index is 14.3. The molecule has 1 aromatic rings. The molecular formula is C63H105N19O14S. The number of aliphatic imine (C=N–C) groups is 2. The summed E-state index contributed by atoms with van der Waals surface area (Å²) >= 11 is 1.43. The number of benzene rings is 1. The lowest BCUT2D eigenvalue weighted by Crippen LogP contribution is -2.60. The molecule has 11 amide bonds. The minimum absolute atomic E-state index is 0.0184. The van der Waals surface area contributed by atoms with Crippen molar-refractivity contribution in [2.24, 2.45) is 44.6 Å². The standard InChI is InChI=1S/C63H105N19O14S/c1-37(2)33-44(76-53(87)42(20-10-11-28-79(4)5)74-57(91)48-23-15-30-81(48)59(93)40(64)19-12-26-69-62(65)66)54(88)78-46(36-83)55(89)72-38(3)51(85)73-41(21-13-27-70-63(67)68)52(86)71-35-50(84)80-29-14-22-47(80)56(90)75-43(25-32-97-6)60(94)82-31-16-24-49(82)58(92)77-45(61(95)96)34-39-17-8-7-9-18-39/h7-9,17-18,37-38,40-49,83H,10-16,19-36,64H2,1-6H3,(H,71,86)(H,72,89)(H,73,85)(H,74,91)(H,75,90)(H,76,87)(H,77,92)(H,78,88)(H,95,96)(H4,65,66,69)(H4,67,68,70)/t38-,40-,41-,42-,43-,44-,45-,46-,47-,48-,49-/m0/s1. The van der Waals surface area contributed by atoms with Crippen LogP contribution in [0.2, 0.25) is 0 Å².